The van der Waals surface area contributed by atoms with Crippen LogP contribution in [0.2, 0.25) is 0 Å². The Bertz CT molecular complexity index is 129. The number of hydrogen-bond donors (Lipinski definition) is 0. The van der Waals surface area contributed by atoms with Gasteiger partial charge in [-0.05, 0) is 17.8 Å². The number of thioether (sulfide) groups is 1. The molecule has 66 valence electrons. The first-order valence-corrected chi connectivity index (χ1v) is 5.74. The molecule has 1 heterocycles. The molecule has 0 radical (unpaired) electrons. The van der Waals surface area contributed by atoms with Gasteiger partial charge in [-0.25, -0.2) is 0 Å². The van der Waals surface area contributed by atoms with Crippen molar-refractivity contribution in [1.82, 2.24) is 9.59 Å². The monoisotopic (exact) mass is 192 g/mol. The van der Waals surface area contributed by atoms with Gasteiger partial charge in [-0.3, -0.25) is 0 Å². The Morgan fingerprint density at radius 3 is 2.00 bits per heavy atom. The fourth-order valence-corrected chi connectivity index (χ4v) is 1.07. The summed E-state index contributed by atoms with van der Waals surface area (Å²) in [4.78, 5) is 0. The Balaban J connectivity index is 0. The fraction of sp³-hybridized carbons (Fsp3) is 0.714. The van der Waals surface area contributed by atoms with E-state index in [-0.39, 0.29) is 0 Å². The number of aromatic nitrogens is 2. The van der Waals surface area contributed by atoms with Crippen molar-refractivity contribution >= 4 is 23.3 Å². The van der Waals surface area contributed by atoms with Gasteiger partial charge >= 0.3 is 0 Å². The molecule has 0 aromatic carbocycles. The van der Waals surface area contributed by atoms with E-state index in [9.17, 15) is 0 Å². The SMILES string of the molecule is CC.CC.CSc1cnns1. The van der Waals surface area contributed by atoms with E-state index in [4.69, 9.17) is 0 Å². The molecule has 0 unspecified atom stereocenters. The molecule has 1 aromatic rings. The Morgan fingerprint density at radius 1 is 1.27 bits per heavy atom. The Labute approximate surface area is 77.6 Å². The van der Waals surface area contributed by atoms with E-state index in [2.05, 4.69) is 9.59 Å². The van der Waals surface area contributed by atoms with Crippen LogP contribution in [-0.4, -0.2) is 15.8 Å². The molecule has 0 aliphatic rings. The Morgan fingerprint density at radius 2 is 1.82 bits per heavy atom. The van der Waals surface area contributed by atoms with Gasteiger partial charge in [-0.1, -0.05) is 32.2 Å². The van der Waals surface area contributed by atoms with Crippen LogP contribution in [0.15, 0.2) is 10.4 Å². The summed E-state index contributed by atoms with van der Waals surface area (Å²) in [5.74, 6) is 0. The molecule has 0 spiro atoms. The average Bonchev–Trinajstić information content (AvgIpc) is 2.63. The summed E-state index contributed by atoms with van der Waals surface area (Å²) < 4.78 is 4.83. The predicted octanol–water partition coefficient (Wildman–Crippen LogP) is 3.31. The third-order valence-corrected chi connectivity index (χ3v) is 2.23. The smallest absolute Gasteiger partial charge is 0.101 e. The summed E-state index contributed by atoms with van der Waals surface area (Å²) >= 11 is 3.09. The molecule has 0 atom stereocenters. The predicted molar refractivity (Wildman–Crippen MR) is 54.4 cm³/mol. The summed E-state index contributed by atoms with van der Waals surface area (Å²) in [5, 5.41) is 3.64. The van der Waals surface area contributed by atoms with Crippen molar-refractivity contribution < 1.29 is 0 Å². The minimum Gasteiger partial charge on any atom is -0.145 e. The number of hydrogen-bond acceptors (Lipinski definition) is 4. The zero-order chi connectivity index (χ0) is 9.11. The summed E-state index contributed by atoms with van der Waals surface area (Å²) in [6, 6.07) is 0. The first-order chi connectivity index (χ1) is 5.43. The van der Waals surface area contributed by atoms with Gasteiger partial charge in [-0.15, -0.1) is 16.9 Å². The molecule has 1 rings (SSSR count). The first kappa shape index (κ1) is 13.5. The van der Waals surface area contributed by atoms with Crippen LogP contribution in [0.5, 0.6) is 0 Å². The standard InChI is InChI=1S/C3H4N2S2.2C2H6/c1-6-3-2-4-5-7-3;2*1-2/h2H,1H3;2*1-2H3. The highest BCUT2D eigenvalue weighted by Gasteiger charge is 1.86. The van der Waals surface area contributed by atoms with Gasteiger partial charge in [-0.2, -0.15) is 0 Å². The lowest BCUT2D eigenvalue weighted by atomic mass is 11.0. The van der Waals surface area contributed by atoms with Crippen molar-refractivity contribution in [2.45, 2.75) is 31.9 Å². The average molecular weight is 192 g/mol. The summed E-state index contributed by atoms with van der Waals surface area (Å²) in [6.07, 6.45) is 3.77. The maximum absolute atomic E-state index is 3.66. The van der Waals surface area contributed by atoms with E-state index >= 15 is 0 Å². The van der Waals surface area contributed by atoms with E-state index in [1.165, 1.54) is 15.7 Å². The van der Waals surface area contributed by atoms with Crippen LogP contribution in [0.4, 0.5) is 0 Å². The van der Waals surface area contributed by atoms with Gasteiger partial charge in [0.1, 0.15) is 4.21 Å². The van der Waals surface area contributed by atoms with Crippen LogP contribution in [0, 0.1) is 0 Å². The van der Waals surface area contributed by atoms with Crippen LogP contribution >= 0.6 is 23.3 Å². The van der Waals surface area contributed by atoms with E-state index in [1.54, 1.807) is 18.0 Å². The molecule has 0 saturated heterocycles. The van der Waals surface area contributed by atoms with E-state index in [0.717, 1.165) is 0 Å². The molecule has 0 aliphatic heterocycles. The third kappa shape index (κ3) is 7.81. The Hall–Kier alpha value is -0.0900. The quantitative estimate of drug-likeness (QED) is 0.638. The molecule has 0 fully saturated rings. The highest BCUT2D eigenvalue weighted by Crippen LogP contribution is 2.14. The first-order valence-electron chi connectivity index (χ1n) is 3.75. The van der Waals surface area contributed by atoms with E-state index in [0.29, 0.717) is 0 Å². The topological polar surface area (TPSA) is 25.8 Å². The molecule has 2 nitrogen and oxygen atoms in total. The summed E-state index contributed by atoms with van der Waals surface area (Å²) in [5.41, 5.74) is 0. The third-order valence-electron chi connectivity index (χ3n) is 0.542. The van der Waals surface area contributed by atoms with Crippen molar-refractivity contribution in [3.05, 3.63) is 6.20 Å². The summed E-state index contributed by atoms with van der Waals surface area (Å²) in [6.45, 7) is 8.00. The highest BCUT2D eigenvalue weighted by molar-refractivity contribution is 8.00. The molecule has 0 N–H and O–H groups in total. The van der Waals surface area contributed by atoms with Gasteiger partial charge in [0, 0.05) is 0 Å². The molecule has 11 heavy (non-hydrogen) atoms. The van der Waals surface area contributed by atoms with Crippen LogP contribution in [0.25, 0.3) is 0 Å². The lowest BCUT2D eigenvalue weighted by molar-refractivity contribution is 1.15. The summed E-state index contributed by atoms with van der Waals surface area (Å²) in [7, 11) is 0. The van der Waals surface area contributed by atoms with Crippen molar-refractivity contribution in [2.75, 3.05) is 6.26 Å². The normalized spacial score (nSPS) is 7.00. The van der Waals surface area contributed by atoms with E-state index in [1.807, 2.05) is 34.0 Å². The largest absolute Gasteiger partial charge is 0.145 e. The molecular formula is C7H16N2S2. The highest BCUT2D eigenvalue weighted by atomic mass is 32.2. The molecule has 0 aliphatic carbocycles. The lowest BCUT2D eigenvalue weighted by Crippen LogP contribution is -1.53. The van der Waals surface area contributed by atoms with Gasteiger partial charge in [0.25, 0.3) is 0 Å². The number of nitrogens with zero attached hydrogens (tertiary/aromatic N) is 2. The maximum Gasteiger partial charge on any atom is 0.101 e. The van der Waals surface area contributed by atoms with E-state index < -0.39 is 0 Å². The van der Waals surface area contributed by atoms with Crippen LogP contribution in [0.1, 0.15) is 27.7 Å². The zero-order valence-electron chi connectivity index (χ0n) is 7.79. The van der Waals surface area contributed by atoms with Crippen LogP contribution in [-0.2, 0) is 0 Å². The van der Waals surface area contributed by atoms with Gasteiger partial charge < -0.3 is 0 Å². The van der Waals surface area contributed by atoms with Gasteiger partial charge in [0.15, 0.2) is 0 Å². The Kier molecular flexibility index (Phi) is 15.4. The van der Waals surface area contributed by atoms with Gasteiger partial charge in [0.2, 0.25) is 0 Å². The second-order valence-corrected chi connectivity index (χ2v) is 2.83. The van der Waals surface area contributed by atoms with Gasteiger partial charge in [0.05, 0.1) is 6.20 Å². The molecular weight excluding hydrogens is 176 g/mol. The number of rotatable bonds is 1. The molecule has 1 aromatic heterocycles. The lowest BCUT2D eigenvalue weighted by Gasteiger charge is -1.74. The zero-order valence-corrected chi connectivity index (χ0v) is 9.42. The van der Waals surface area contributed by atoms with Crippen molar-refractivity contribution in [3.63, 3.8) is 0 Å². The van der Waals surface area contributed by atoms with Crippen molar-refractivity contribution in [3.8, 4) is 0 Å². The molecule has 4 heteroatoms. The minimum absolute atomic E-state index is 1.17. The molecule has 0 amide bonds. The van der Waals surface area contributed by atoms with Crippen molar-refractivity contribution in [2.24, 2.45) is 0 Å². The second kappa shape index (κ2) is 12.6. The minimum atomic E-state index is 1.17. The maximum atomic E-state index is 3.66. The fourth-order valence-electron chi connectivity index (χ4n) is 0.248. The molecule has 0 bridgehead atoms. The van der Waals surface area contributed by atoms with Crippen LogP contribution < -0.4 is 0 Å². The molecule has 0 saturated carbocycles. The van der Waals surface area contributed by atoms with Crippen LogP contribution in [0.3, 0.4) is 0 Å². The van der Waals surface area contributed by atoms with Crippen molar-refractivity contribution in [1.29, 1.82) is 0 Å². The second-order valence-electron chi connectivity index (χ2n) is 0.941.